The van der Waals surface area contributed by atoms with Crippen molar-refractivity contribution >= 4 is 17.6 Å². The average Bonchev–Trinajstić information content (AvgIpc) is 3.24. The second-order valence-corrected chi connectivity index (χ2v) is 11.5. The van der Waals surface area contributed by atoms with Crippen LogP contribution in [0.1, 0.15) is 46.6 Å². The summed E-state index contributed by atoms with van der Waals surface area (Å²) in [5.41, 5.74) is -0.374. The number of aliphatic hydroxyl groups is 3. The van der Waals surface area contributed by atoms with E-state index in [1.807, 2.05) is 31.2 Å². The number of allylic oxidation sites excluding steroid dienone is 3. The summed E-state index contributed by atoms with van der Waals surface area (Å²) in [6.45, 7) is 9.11. The van der Waals surface area contributed by atoms with Crippen molar-refractivity contribution in [1.82, 2.24) is 0 Å². The first kappa shape index (κ1) is 28.1. The minimum atomic E-state index is -1.65. The van der Waals surface area contributed by atoms with Crippen LogP contribution in [-0.4, -0.2) is 70.3 Å². The topological polar surface area (TPSA) is 115 Å². The highest BCUT2D eigenvalue weighted by molar-refractivity contribution is 6.31. The number of halogens is 1. The lowest BCUT2D eigenvalue weighted by molar-refractivity contribution is -0.342. The first-order valence-electron chi connectivity index (χ1n) is 12.7. The number of carbonyl (C=O) groups excluding carboxylic acids is 1. The Morgan fingerprint density at radius 3 is 2.49 bits per heavy atom. The Labute approximate surface area is 222 Å². The fourth-order valence-electron chi connectivity index (χ4n) is 5.15. The van der Waals surface area contributed by atoms with Crippen LogP contribution in [0.5, 0.6) is 5.75 Å². The number of aliphatic hydroxyl groups excluding tert-OH is 3. The molecule has 0 spiro atoms. The van der Waals surface area contributed by atoms with Gasteiger partial charge in [0, 0.05) is 11.0 Å². The molecule has 0 amide bonds. The highest BCUT2D eigenvalue weighted by Crippen LogP contribution is 2.52. The highest BCUT2D eigenvalue weighted by atomic mass is 35.5. The van der Waals surface area contributed by atoms with Crippen LogP contribution in [0.25, 0.3) is 0 Å². The summed E-state index contributed by atoms with van der Waals surface area (Å²) in [4.78, 5) is 12.6. The van der Waals surface area contributed by atoms with Crippen molar-refractivity contribution in [2.45, 2.75) is 83.3 Å². The van der Waals surface area contributed by atoms with E-state index in [0.717, 1.165) is 16.9 Å². The smallest absolute Gasteiger partial charge is 0.311 e. The lowest BCUT2D eigenvalue weighted by Crippen LogP contribution is -2.70. The maximum absolute atomic E-state index is 12.6. The van der Waals surface area contributed by atoms with E-state index >= 15 is 0 Å². The van der Waals surface area contributed by atoms with E-state index in [9.17, 15) is 20.1 Å². The molecule has 2 unspecified atom stereocenters. The third-order valence-electron chi connectivity index (χ3n) is 7.46. The van der Waals surface area contributed by atoms with Crippen LogP contribution >= 0.6 is 11.6 Å². The van der Waals surface area contributed by atoms with Crippen LogP contribution in [-0.2, 0) is 25.4 Å². The number of benzene rings is 1. The molecule has 0 saturated carbocycles. The molecule has 204 valence electrons. The van der Waals surface area contributed by atoms with E-state index in [2.05, 4.69) is 0 Å². The minimum Gasteiger partial charge on any atom is -0.494 e. The fourth-order valence-corrected chi connectivity index (χ4v) is 5.37. The van der Waals surface area contributed by atoms with Gasteiger partial charge in [0.05, 0.1) is 18.6 Å². The quantitative estimate of drug-likeness (QED) is 0.455. The number of fused-ring (bicyclic) bond motifs is 2. The molecule has 7 atom stereocenters. The molecule has 0 radical (unpaired) electrons. The summed E-state index contributed by atoms with van der Waals surface area (Å²) in [6.07, 6.45) is -1.10. The number of rotatable bonds is 7. The number of esters is 1. The third kappa shape index (κ3) is 5.07. The van der Waals surface area contributed by atoms with Crippen LogP contribution in [0.15, 0.2) is 47.0 Å². The molecule has 3 aliphatic rings. The van der Waals surface area contributed by atoms with Crippen molar-refractivity contribution in [3.05, 3.63) is 52.6 Å². The molecule has 37 heavy (non-hydrogen) atoms. The molecule has 2 bridgehead atoms. The van der Waals surface area contributed by atoms with Gasteiger partial charge in [0.25, 0.3) is 0 Å². The van der Waals surface area contributed by atoms with Gasteiger partial charge >= 0.3 is 5.97 Å². The zero-order chi connectivity index (χ0) is 27.2. The lowest BCUT2D eigenvalue weighted by atomic mass is 9.76. The molecule has 1 aliphatic carbocycles. The Morgan fingerprint density at radius 1 is 1.19 bits per heavy atom. The van der Waals surface area contributed by atoms with Gasteiger partial charge in [-0.25, -0.2) is 0 Å². The van der Waals surface area contributed by atoms with Gasteiger partial charge in [-0.15, -0.1) is 0 Å². The van der Waals surface area contributed by atoms with Crippen molar-refractivity contribution in [1.29, 1.82) is 0 Å². The van der Waals surface area contributed by atoms with E-state index in [1.54, 1.807) is 39.8 Å². The summed E-state index contributed by atoms with van der Waals surface area (Å²) in [7, 11) is 0. The molecule has 2 saturated heterocycles. The van der Waals surface area contributed by atoms with E-state index < -0.39 is 53.1 Å². The van der Waals surface area contributed by atoms with Gasteiger partial charge in [-0.05, 0) is 76.8 Å². The molecule has 0 aromatic heterocycles. The van der Waals surface area contributed by atoms with E-state index in [0.29, 0.717) is 24.5 Å². The molecular weight excluding hydrogens is 500 g/mol. The van der Waals surface area contributed by atoms with Gasteiger partial charge in [-0.2, -0.15) is 0 Å². The molecule has 3 N–H and O–H groups in total. The molecular formula is C28H37ClO8. The second kappa shape index (κ2) is 10.3. The molecule has 9 heteroatoms. The van der Waals surface area contributed by atoms with Gasteiger partial charge in [0.1, 0.15) is 30.2 Å². The Bertz CT molecular complexity index is 1060. The Balaban J connectivity index is 1.57. The van der Waals surface area contributed by atoms with E-state index in [-0.39, 0.29) is 6.61 Å². The van der Waals surface area contributed by atoms with E-state index in [1.165, 1.54) is 0 Å². The van der Waals surface area contributed by atoms with Gasteiger partial charge in [0.15, 0.2) is 5.60 Å². The Hall–Kier alpha value is -1.94. The van der Waals surface area contributed by atoms with Gasteiger partial charge in [0.2, 0.25) is 5.79 Å². The third-order valence-corrected chi connectivity index (χ3v) is 7.86. The Morgan fingerprint density at radius 2 is 1.86 bits per heavy atom. The average molecular weight is 537 g/mol. The van der Waals surface area contributed by atoms with Crippen molar-refractivity contribution in [2.75, 3.05) is 13.2 Å². The SMILES string of the molecule is CCOc1ccc(CC2=C(Cl)C=CC([C@]34OC[C@](C(C)OC(=O)C(C)(C)C)(O3)[C@@H](O)[C@H](O)[C@H]4O)C2)cc1. The first-order valence-corrected chi connectivity index (χ1v) is 13.1. The highest BCUT2D eigenvalue weighted by Gasteiger charge is 2.71. The molecule has 1 aromatic carbocycles. The van der Waals surface area contributed by atoms with Crippen LogP contribution < -0.4 is 4.74 Å². The van der Waals surface area contributed by atoms with Crippen molar-refractivity contribution in [3.63, 3.8) is 0 Å². The van der Waals surface area contributed by atoms with Crippen molar-refractivity contribution < 1.29 is 39.1 Å². The molecule has 2 aliphatic heterocycles. The van der Waals surface area contributed by atoms with Crippen molar-refractivity contribution in [3.8, 4) is 5.75 Å². The van der Waals surface area contributed by atoms with Gasteiger partial charge in [-0.3, -0.25) is 4.79 Å². The molecule has 1 aromatic rings. The minimum absolute atomic E-state index is 0.170. The zero-order valence-corrected chi connectivity index (χ0v) is 22.7. The molecule has 2 fully saturated rings. The number of hydrogen-bond donors (Lipinski definition) is 3. The Kier molecular flexibility index (Phi) is 7.83. The molecule has 8 nitrogen and oxygen atoms in total. The van der Waals surface area contributed by atoms with Crippen LogP contribution in [0.2, 0.25) is 0 Å². The fraction of sp³-hybridized carbons (Fsp3) is 0.607. The van der Waals surface area contributed by atoms with Crippen molar-refractivity contribution in [2.24, 2.45) is 11.3 Å². The zero-order valence-electron chi connectivity index (χ0n) is 21.9. The monoisotopic (exact) mass is 536 g/mol. The first-order chi connectivity index (χ1) is 17.3. The maximum atomic E-state index is 12.6. The predicted octanol–water partition coefficient (Wildman–Crippen LogP) is 3.25. The lowest BCUT2D eigenvalue weighted by Gasteiger charge is -2.50. The van der Waals surface area contributed by atoms with Crippen LogP contribution in [0.4, 0.5) is 0 Å². The summed E-state index contributed by atoms with van der Waals surface area (Å²) in [5, 5.41) is 33.5. The summed E-state index contributed by atoms with van der Waals surface area (Å²) >= 11 is 6.56. The normalized spacial score (nSPS) is 34.4. The van der Waals surface area contributed by atoms with Gasteiger partial charge < -0.3 is 34.3 Å². The van der Waals surface area contributed by atoms with Crippen LogP contribution in [0.3, 0.4) is 0 Å². The maximum Gasteiger partial charge on any atom is 0.311 e. The summed E-state index contributed by atoms with van der Waals surface area (Å²) in [6, 6.07) is 7.76. The summed E-state index contributed by atoms with van der Waals surface area (Å²) < 4.78 is 23.6. The number of ether oxygens (including phenoxy) is 4. The van der Waals surface area contributed by atoms with Crippen LogP contribution in [0, 0.1) is 11.3 Å². The number of carbonyl (C=O) groups is 1. The van der Waals surface area contributed by atoms with Gasteiger partial charge in [-0.1, -0.05) is 29.8 Å². The molecule has 4 rings (SSSR count). The van der Waals surface area contributed by atoms with E-state index in [4.69, 9.17) is 30.5 Å². The summed E-state index contributed by atoms with van der Waals surface area (Å²) in [5.74, 6) is -1.86. The molecule has 2 heterocycles. The second-order valence-electron chi connectivity index (χ2n) is 11.1. The predicted molar refractivity (Wildman–Crippen MR) is 137 cm³/mol. The standard InChI is InChI=1S/C28H37ClO8/c1-6-34-20-10-7-17(8-11-20)13-18-14-19(9-12-21(18)29)28-24(32)22(30)23(31)27(37-28,15-35-28)16(2)36-25(33)26(3,4)5/h7-12,16,19,22-24,30-32H,6,13-15H2,1-5H3/t16?,19?,22-,23-,24+,27+,28-/m0/s1. The number of hydrogen-bond acceptors (Lipinski definition) is 8. The largest absolute Gasteiger partial charge is 0.494 e.